The Morgan fingerprint density at radius 3 is 3.05 bits per heavy atom. The van der Waals surface area contributed by atoms with Gasteiger partial charge >= 0.3 is 0 Å². The molecule has 1 aromatic heterocycles. The quantitative estimate of drug-likeness (QED) is 0.916. The molecule has 3 atom stereocenters. The molecule has 0 bridgehead atoms. The maximum atomic E-state index is 10.3. The average Bonchev–Trinajstić information content (AvgIpc) is 3.12. The Morgan fingerprint density at radius 1 is 1.33 bits per heavy atom. The molecule has 3 unspecified atom stereocenters. The van der Waals surface area contributed by atoms with Crippen molar-refractivity contribution >= 4 is 11.3 Å². The van der Waals surface area contributed by atoms with Gasteiger partial charge in [-0.1, -0.05) is 24.3 Å². The predicted octanol–water partition coefficient (Wildman–Crippen LogP) is 2.94. The molecule has 4 heteroatoms. The van der Waals surface area contributed by atoms with E-state index in [1.54, 1.807) is 0 Å². The lowest BCUT2D eigenvalue weighted by Gasteiger charge is -2.22. The zero-order valence-electron chi connectivity index (χ0n) is 12.2. The lowest BCUT2D eigenvalue weighted by molar-refractivity contribution is 0.136. The molecule has 1 aromatic carbocycles. The van der Waals surface area contributed by atoms with Gasteiger partial charge in [-0.05, 0) is 37.3 Å². The van der Waals surface area contributed by atoms with Gasteiger partial charge in [0.1, 0.15) is 5.01 Å². The molecular weight excluding hydrogens is 280 g/mol. The van der Waals surface area contributed by atoms with Crippen molar-refractivity contribution in [3.05, 3.63) is 51.0 Å². The number of hydrogen-bond donors (Lipinski definition) is 2. The predicted molar refractivity (Wildman–Crippen MR) is 84.6 cm³/mol. The SMILES string of the molecule is CC(NC1c2ccccc2CC1O)c1nc2c(s1)CCC2. The van der Waals surface area contributed by atoms with Gasteiger partial charge in [0.25, 0.3) is 0 Å². The molecule has 3 nitrogen and oxygen atoms in total. The van der Waals surface area contributed by atoms with E-state index in [-0.39, 0.29) is 18.2 Å². The van der Waals surface area contributed by atoms with Crippen LogP contribution in [-0.4, -0.2) is 16.2 Å². The largest absolute Gasteiger partial charge is 0.391 e. The molecule has 21 heavy (non-hydrogen) atoms. The van der Waals surface area contributed by atoms with Crippen molar-refractivity contribution in [1.82, 2.24) is 10.3 Å². The number of aryl methyl sites for hydroxylation is 2. The van der Waals surface area contributed by atoms with E-state index in [0.29, 0.717) is 0 Å². The molecule has 0 aliphatic heterocycles. The molecular formula is C17H20N2OS. The molecule has 2 aliphatic carbocycles. The van der Waals surface area contributed by atoms with E-state index >= 15 is 0 Å². The van der Waals surface area contributed by atoms with Crippen LogP contribution in [0.15, 0.2) is 24.3 Å². The third-order valence-corrected chi connectivity index (χ3v) is 5.96. The van der Waals surface area contributed by atoms with E-state index in [2.05, 4.69) is 24.4 Å². The Bertz CT molecular complexity index is 645. The van der Waals surface area contributed by atoms with Crippen LogP contribution in [0.1, 0.15) is 52.1 Å². The van der Waals surface area contributed by atoms with Crippen LogP contribution in [0, 0.1) is 0 Å². The summed E-state index contributed by atoms with van der Waals surface area (Å²) in [6.45, 7) is 2.15. The number of fused-ring (bicyclic) bond motifs is 2. The Hall–Kier alpha value is -1.23. The number of nitrogens with one attached hydrogen (secondary N) is 1. The van der Waals surface area contributed by atoms with Gasteiger partial charge < -0.3 is 5.11 Å². The standard InChI is InChI=1S/C17H20N2OS/c1-10(17-19-13-7-4-8-15(13)21-17)18-16-12-6-3-2-5-11(12)9-14(16)20/h2-3,5-6,10,14,16,18,20H,4,7-9H2,1H3. The summed E-state index contributed by atoms with van der Waals surface area (Å²) in [4.78, 5) is 6.25. The van der Waals surface area contributed by atoms with Gasteiger partial charge in [0.2, 0.25) is 0 Å². The number of nitrogens with zero attached hydrogens (tertiary/aromatic N) is 1. The lowest BCUT2D eigenvalue weighted by atomic mass is 10.1. The summed E-state index contributed by atoms with van der Waals surface area (Å²) in [6.07, 6.45) is 3.98. The molecule has 2 aliphatic rings. The second-order valence-corrected chi connectivity index (χ2v) is 7.23. The van der Waals surface area contributed by atoms with Crippen LogP contribution in [0.5, 0.6) is 0 Å². The van der Waals surface area contributed by atoms with Crippen molar-refractivity contribution in [3.63, 3.8) is 0 Å². The number of rotatable bonds is 3. The first kappa shape index (κ1) is 13.4. The van der Waals surface area contributed by atoms with Crippen LogP contribution < -0.4 is 5.32 Å². The van der Waals surface area contributed by atoms with Crippen LogP contribution >= 0.6 is 11.3 Å². The van der Waals surface area contributed by atoms with Crippen LogP contribution in [0.2, 0.25) is 0 Å². The van der Waals surface area contributed by atoms with Gasteiger partial charge in [0.05, 0.1) is 23.9 Å². The maximum absolute atomic E-state index is 10.3. The molecule has 0 amide bonds. The molecule has 1 heterocycles. The fourth-order valence-electron chi connectivity index (χ4n) is 3.51. The molecule has 0 saturated heterocycles. The summed E-state index contributed by atoms with van der Waals surface area (Å²) >= 11 is 1.84. The fraction of sp³-hybridized carbons (Fsp3) is 0.471. The number of benzene rings is 1. The highest BCUT2D eigenvalue weighted by Gasteiger charge is 2.32. The minimum Gasteiger partial charge on any atom is -0.391 e. The van der Waals surface area contributed by atoms with Gasteiger partial charge in [0.15, 0.2) is 0 Å². The molecule has 0 fully saturated rings. The molecule has 2 N–H and O–H groups in total. The van der Waals surface area contributed by atoms with E-state index in [9.17, 15) is 5.11 Å². The molecule has 4 rings (SSSR count). The third kappa shape index (κ3) is 2.31. The van der Waals surface area contributed by atoms with Crippen LogP contribution in [0.3, 0.4) is 0 Å². The lowest BCUT2D eigenvalue weighted by Crippen LogP contribution is -2.31. The van der Waals surface area contributed by atoms with E-state index in [4.69, 9.17) is 4.98 Å². The second kappa shape index (κ2) is 5.20. The van der Waals surface area contributed by atoms with Crippen molar-refractivity contribution in [2.24, 2.45) is 0 Å². The van der Waals surface area contributed by atoms with Crippen LogP contribution in [0.25, 0.3) is 0 Å². The number of aromatic nitrogens is 1. The zero-order chi connectivity index (χ0) is 14.4. The molecule has 2 aromatic rings. The average molecular weight is 300 g/mol. The van der Waals surface area contributed by atoms with Crippen molar-refractivity contribution in [1.29, 1.82) is 0 Å². The molecule has 0 saturated carbocycles. The number of thiazole rings is 1. The first-order chi connectivity index (χ1) is 10.2. The van der Waals surface area contributed by atoms with E-state index in [1.165, 1.54) is 34.5 Å². The summed E-state index contributed by atoms with van der Waals surface area (Å²) < 4.78 is 0. The second-order valence-electron chi connectivity index (χ2n) is 6.11. The normalized spacial score (nSPS) is 24.9. The summed E-state index contributed by atoms with van der Waals surface area (Å²) in [5, 5.41) is 15.1. The Kier molecular flexibility index (Phi) is 3.32. The molecule has 0 radical (unpaired) electrons. The molecule has 110 valence electrons. The minimum absolute atomic E-state index is 0.0231. The summed E-state index contributed by atoms with van der Waals surface area (Å²) in [5.74, 6) is 0. The Balaban J connectivity index is 1.55. The van der Waals surface area contributed by atoms with Gasteiger partial charge in [-0.25, -0.2) is 4.98 Å². The minimum atomic E-state index is -0.336. The number of aliphatic hydroxyl groups excluding tert-OH is 1. The van der Waals surface area contributed by atoms with Crippen molar-refractivity contribution in [2.75, 3.05) is 0 Å². The third-order valence-electron chi connectivity index (χ3n) is 4.62. The van der Waals surface area contributed by atoms with Gasteiger partial charge in [-0.15, -0.1) is 11.3 Å². The summed E-state index contributed by atoms with van der Waals surface area (Å²) in [5.41, 5.74) is 3.80. The van der Waals surface area contributed by atoms with Gasteiger partial charge in [-0.2, -0.15) is 0 Å². The zero-order valence-corrected chi connectivity index (χ0v) is 13.0. The van der Waals surface area contributed by atoms with Crippen LogP contribution in [0.4, 0.5) is 0 Å². The topological polar surface area (TPSA) is 45.1 Å². The van der Waals surface area contributed by atoms with Crippen LogP contribution in [-0.2, 0) is 19.3 Å². The molecule has 0 spiro atoms. The first-order valence-electron chi connectivity index (χ1n) is 7.73. The van der Waals surface area contributed by atoms with E-state index < -0.39 is 0 Å². The van der Waals surface area contributed by atoms with Gasteiger partial charge in [-0.3, -0.25) is 5.32 Å². The maximum Gasteiger partial charge on any atom is 0.110 e. The highest BCUT2D eigenvalue weighted by molar-refractivity contribution is 7.11. The fourth-order valence-corrected chi connectivity index (χ4v) is 4.68. The number of aliphatic hydroxyl groups is 1. The van der Waals surface area contributed by atoms with Gasteiger partial charge in [0, 0.05) is 11.3 Å². The first-order valence-corrected chi connectivity index (χ1v) is 8.54. The number of hydrogen-bond acceptors (Lipinski definition) is 4. The highest BCUT2D eigenvalue weighted by Crippen LogP contribution is 2.35. The Labute approximate surface area is 129 Å². The Morgan fingerprint density at radius 2 is 2.19 bits per heavy atom. The monoisotopic (exact) mass is 300 g/mol. The van der Waals surface area contributed by atoms with Crippen molar-refractivity contribution in [2.45, 2.75) is 50.8 Å². The highest BCUT2D eigenvalue weighted by atomic mass is 32.1. The van der Waals surface area contributed by atoms with Crippen molar-refractivity contribution in [3.8, 4) is 0 Å². The van der Waals surface area contributed by atoms with E-state index in [0.717, 1.165) is 17.8 Å². The smallest absolute Gasteiger partial charge is 0.110 e. The van der Waals surface area contributed by atoms with Crippen molar-refractivity contribution < 1.29 is 5.11 Å². The summed E-state index contributed by atoms with van der Waals surface area (Å²) in [7, 11) is 0. The summed E-state index contributed by atoms with van der Waals surface area (Å²) in [6, 6.07) is 8.54. The van der Waals surface area contributed by atoms with E-state index in [1.807, 2.05) is 23.5 Å².